The van der Waals surface area contributed by atoms with Crippen molar-refractivity contribution in [1.29, 1.82) is 0 Å². The zero-order chi connectivity index (χ0) is 15.4. The maximum atomic E-state index is 11.8. The van der Waals surface area contributed by atoms with E-state index in [0.717, 1.165) is 12.8 Å². The van der Waals surface area contributed by atoms with Gasteiger partial charge in [0.25, 0.3) is 11.8 Å². The second-order valence-corrected chi connectivity index (χ2v) is 5.03. The molecule has 2 amide bonds. The van der Waals surface area contributed by atoms with Crippen LogP contribution in [0.15, 0.2) is 22.8 Å². The number of ether oxygens (including phenoxy) is 1. The van der Waals surface area contributed by atoms with Gasteiger partial charge in [0, 0.05) is 6.04 Å². The monoisotopic (exact) mass is 294 g/mol. The SMILES string of the molecule is C[C@H](OC(=O)[C@@H](C)NC(=O)c1ccco1)C(=O)NC1CC1. The molecule has 0 spiro atoms. The Labute approximate surface area is 122 Å². The van der Waals surface area contributed by atoms with Crippen LogP contribution in [0.5, 0.6) is 0 Å². The summed E-state index contributed by atoms with van der Waals surface area (Å²) >= 11 is 0. The third-order valence-corrected chi connectivity index (χ3v) is 3.03. The predicted octanol–water partition coefficient (Wildman–Crippen LogP) is 0.608. The van der Waals surface area contributed by atoms with Crippen LogP contribution in [0.1, 0.15) is 37.2 Å². The smallest absolute Gasteiger partial charge is 0.329 e. The summed E-state index contributed by atoms with van der Waals surface area (Å²) < 4.78 is 9.94. The Balaban J connectivity index is 1.78. The first-order valence-electron chi connectivity index (χ1n) is 6.82. The average Bonchev–Trinajstić information content (AvgIpc) is 3.07. The first kappa shape index (κ1) is 15.1. The summed E-state index contributed by atoms with van der Waals surface area (Å²) in [5.41, 5.74) is 0. The van der Waals surface area contributed by atoms with Crippen molar-refractivity contribution in [2.24, 2.45) is 0 Å². The van der Waals surface area contributed by atoms with Crippen LogP contribution in [0.25, 0.3) is 0 Å². The normalized spacial score (nSPS) is 16.7. The van der Waals surface area contributed by atoms with Gasteiger partial charge in [-0.05, 0) is 38.8 Å². The fourth-order valence-electron chi connectivity index (χ4n) is 1.61. The lowest BCUT2D eigenvalue weighted by molar-refractivity contribution is -0.156. The van der Waals surface area contributed by atoms with Crippen LogP contribution in [0.2, 0.25) is 0 Å². The van der Waals surface area contributed by atoms with Crippen molar-refractivity contribution < 1.29 is 23.5 Å². The maximum Gasteiger partial charge on any atom is 0.329 e. The number of rotatable bonds is 6. The predicted molar refractivity (Wildman–Crippen MR) is 72.4 cm³/mol. The number of hydrogen-bond donors (Lipinski definition) is 2. The Hall–Kier alpha value is -2.31. The summed E-state index contributed by atoms with van der Waals surface area (Å²) in [6.45, 7) is 2.98. The quantitative estimate of drug-likeness (QED) is 0.749. The van der Waals surface area contributed by atoms with E-state index in [2.05, 4.69) is 10.6 Å². The largest absolute Gasteiger partial charge is 0.459 e. The third-order valence-electron chi connectivity index (χ3n) is 3.03. The summed E-state index contributed by atoms with van der Waals surface area (Å²) in [6.07, 6.45) is 2.40. The van der Waals surface area contributed by atoms with Gasteiger partial charge in [0.15, 0.2) is 11.9 Å². The van der Waals surface area contributed by atoms with Crippen LogP contribution in [0.4, 0.5) is 0 Å². The summed E-state index contributed by atoms with van der Waals surface area (Å²) in [6, 6.07) is 2.38. The standard InChI is InChI=1S/C14H18N2O5/c1-8(15-13(18)11-4-3-7-20-11)14(19)21-9(2)12(17)16-10-5-6-10/h3-4,7-10H,5-6H2,1-2H3,(H,15,18)(H,16,17)/t8-,9+/m1/s1. The number of esters is 1. The zero-order valence-electron chi connectivity index (χ0n) is 11.9. The van der Waals surface area contributed by atoms with Gasteiger partial charge < -0.3 is 19.8 Å². The summed E-state index contributed by atoms with van der Waals surface area (Å²) in [4.78, 5) is 35.2. The van der Waals surface area contributed by atoms with Crippen molar-refractivity contribution in [3.05, 3.63) is 24.2 Å². The van der Waals surface area contributed by atoms with E-state index in [-0.39, 0.29) is 17.7 Å². The van der Waals surface area contributed by atoms with Gasteiger partial charge in [-0.15, -0.1) is 0 Å². The van der Waals surface area contributed by atoms with Crippen molar-refractivity contribution in [3.63, 3.8) is 0 Å². The lowest BCUT2D eigenvalue weighted by Gasteiger charge is -2.17. The molecule has 1 aliphatic carbocycles. The minimum absolute atomic E-state index is 0.106. The van der Waals surface area contributed by atoms with Gasteiger partial charge >= 0.3 is 5.97 Å². The van der Waals surface area contributed by atoms with E-state index in [0.29, 0.717) is 0 Å². The van der Waals surface area contributed by atoms with Gasteiger partial charge in [-0.3, -0.25) is 9.59 Å². The van der Waals surface area contributed by atoms with Gasteiger partial charge in [0.2, 0.25) is 0 Å². The highest BCUT2D eigenvalue weighted by Crippen LogP contribution is 2.18. The van der Waals surface area contributed by atoms with Crippen molar-refractivity contribution in [2.45, 2.75) is 44.9 Å². The Morgan fingerprint density at radius 2 is 2.05 bits per heavy atom. The van der Waals surface area contributed by atoms with Gasteiger partial charge in [-0.1, -0.05) is 0 Å². The fraction of sp³-hybridized carbons (Fsp3) is 0.500. The van der Waals surface area contributed by atoms with E-state index in [1.807, 2.05) is 0 Å². The number of amides is 2. The highest BCUT2D eigenvalue weighted by atomic mass is 16.5. The number of hydrogen-bond acceptors (Lipinski definition) is 5. The molecule has 1 aromatic rings. The van der Waals surface area contributed by atoms with Crippen molar-refractivity contribution in [2.75, 3.05) is 0 Å². The second-order valence-electron chi connectivity index (χ2n) is 5.03. The van der Waals surface area contributed by atoms with Gasteiger partial charge in [-0.2, -0.15) is 0 Å². The topological polar surface area (TPSA) is 97.6 Å². The minimum atomic E-state index is -0.888. The highest BCUT2D eigenvalue weighted by Gasteiger charge is 2.28. The number of nitrogens with one attached hydrogen (secondary N) is 2. The maximum absolute atomic E-state index is 11.8. The molecule has 2 N–H and O–H groups in total. The number of carbonyl (C=O) groups excluding carboxylic acids is 3. The molecule has 1 heterocycles. The molecule has 1 fully saturated rings. The van der Waals surface area contributed by atoms with E-state index in [1.165, 1.54) is 26.2 Å². The molecule has 1 aliphatic rings. The summed E-state index contributed by atoms with van der Waals surface area (Å²) in [7, 11) is 0. The average molecular weight is 294 g/mol. The van der Waals surface area contributed by atoms with Crippen LogP contribution in [0, 0.1) is 0 Å². The third kappa shape index (κ3) is 4.34. The van der Waals surface area contributed by atoms with E-state index in [9.17, 15) is 14.4 Å². The molecule has 0 aromatic carbocycles. The lowest BCUT2D eigenvalue weighted by Crippen LogP contribution is -2.43. The Morgan fingerprint density at radius 1 is 1.33 bits per heavy atom. The van der Waals surface area contributed by atoms with E-state index in [4.69, 9.17) is 9.15 Å². The summed E-state index contributed by atoms with van der Waals surface area (Å²) in [5, 5.41) is 5.18. The Kier molecular flexibility index (Phi) is 4.62. The van der Waals surface area contributed by atoms with Crippen molar-refractivity contribution >= 4 is 17.8 Å². The highest BCUT2D eigenvalue weighted by molar-refractivity contribution is 5.94. The van der Waals surface area contributed by atoms with Gasteiger partial charge in [0.1, 0.15) is 6.04 Å². The fourth-order valence-corrected chi connectivity index (χ4v) is 1.61. The first-order chi connectivity index (χ1) is 9.97. The molecular formula is C14H18N2O5. The van der Waals surface area contributed by atoms with Gasteiger partial charge in [-0.25, -0.2) is 4.79 Å². The first-order valence-corrected chi connectivity index (χ1v) is 6.82. The van der Waals surface area contributed by atoms with E-state index >= 15 is 0 Å². The number of furan rings is 1. The molecular weight excluding hydrogens is 276 g/mol. The molecule has 1 saturated carbocycles. The minimum Gasteiger partial charge on any atom is -0.459 e. The van der Waals surface area contributed by atoms with E-state index < -0.39 is 24.0 Å². The molecule has 7 heteroatoms. The van der Waals surface area contributed by atoms with Crippen LogP contribution in [-0.2, 0) is 14.3 Å². The van der Waals surface area contributed by atoms with Gasteiger partial charge in [0.05, 0.1) is 6.26 Å². The molecule has 0 unspecified atom stereocenters. The lowest BCUT2D eigenvalue weighted by atomic mass is 10.3. The molecule has 0 saturated heterocycles. The molecule has 0 radical (unpaired) electrons. The Morgan fingerprint density at radius 3 is 2.62 bits per heavy atom. The molecule has 0 bridgehead atoms. The Bertz CT molecular complexity index is 521. The second kappa shape index (κ2) is 6.43. The van der Waals surface area contributed by atoms with Crippen molar-refractivity contribution in [3.8, 4) is 0 Å². The van der Waals surface area contributed by atoms with Crippen molar-refractivity contribution in [1.82, 2.24) is 10.6 Å². The van der Waals surface area contributed by atoms with Crippen LogP contribution in [0.3, 0.4) is 0 Å². The molecule has 7 nitrogen and oxygen atoms in total. The molecule has 1 aromatic heterocycles. The summed E-state index contributed by atoms with van der Waals surface area (Å²) in [5.74, 6) is -1.41. The van der Waals surface area contributed by atoms with Crippen LogP contribution in [-0.4, -0.2) is 36.0 Å². The van der Waals surface area contributed by atoms with E-state index in [1.54, 1.807) is 6.07 Å². The van der Waals surface area contributed by atoms with Crippen LogP contribution < -0.4 is 10.6 Å². The molecule has 114 valence electrons. The molecule has 0 aliphatic heterocycles. The number of carbonyl (C=O) groups is 3. The van der Waals surface area contributed by atoms with Crippen LogP contribution >= 0.6 is 0 Å². The zero-order valence-corrected chi connectivity index (χ0v) is 11.9. The molecule has 2 atom stereocenters. The molecule has 21 heavy (non-hydrogen) atoms. The molecule has 2 rings (SSSR count).